The first kappa shape index (κ1) is 15.1. The average Bonchev–Trinajstić information content (AvgIpc) is 2.98. The molecule has 0 aliphatic carbocycles. The lowest BCUT2D eigenvalue weighted by Gasteiger charge is -2.16. The van der Waals surface area contributed by atoms with E-state index >= 15 is 0 Å². The number of hydrogen-bond donors (Lipinski definition) is 2. The molecule has 5 nitrogen and oxygen atoms in total. The summed E-state index contributed by atoms with van der Waals surface area (Å²) in [5.41, 5.74) is 7.44. The van der Waals surface area contributed by atoms with Gasteiger partial charge in [0.05, 0.1) is 17.8 Å². The largest absolute Gasteiger partial charge is 0.337 e. The number of halogens is 1. The third kappa shape index (κ3) is 3.85. The van der Waals surface area contributed by atoms with Gasteiger partial charge in [0.1, 0.15) is 0 Å². The summed E-state index contributed by atoms with van der Waals surface area (Å²) in [6.07, 6.45) is 3.44. The molecule has 21 heavy (non-hydrogen) atoms. The quantitative estimate of drug-likeness (QED) is 0.847. The second kappa shape index (κ2) is 6.93. The molecule has 0 aliphatic heterocycles. The van der Waals surface area contributed by atoms with Gasteiger partial charge in [-0.1, -0.05) is 23.4 Å². The van der Waals surface area contributed by atoms with Crippen molar-refractivity contribution in [1.82, 2.24) is 15.1 Å². The van der Waals surface area contributed by atoms with Crippen LogP contribution in [-0.4, -0.2) is 34.6 Å². The number of hydrogen-bond acceptors (Lipinski definition) is 3. The molecule has 2 aromatic rings. The highest BCUT2D eigenvalue weighted by Gasteiger charge is 2.13. The summed E-state index contributed by atoms with van der Waals surface area (Å²) in [4.78, 5) is 13.9. The number of amides is 1. The zero-order valence-corrected chi connectivity index (χ0v) is 12.3. The predicted molar refractivity (Wildman–Crippen MR) is 81.8 cm³/mol. The van der Waals surface area contributed by atoms with Crippen LogP contribution in [0.2, 0.25) is 5.02 Å². The van der Waals surface area contributed by atoms with Crippen molar-refractivity contribution in [1.29, 1.82) is 0 Å². The zero-order valence-electron chi connectivity index (χ0n) is 11.6. The molecule has 0 bridgehead atoms. The lowest BCUT2D eigenvalue weighted by atomic mass is 10.1. The minimum Gasteiger partial charge on any atom is -0.337 e. The Morgan fingerprint density at radius 1 is 1.52 bits per heavy atom. The van der Waals surface area contributed by atoms with Crippen LogP contribution in [0.15, 0.2) is 30.6 Å². The molecule has 108 valence electrons. The van der Waals surface area contributed by atoms with Gasteiger partial charge >= 0.3 is 0 Å². The topological polar surface area (TPSA) is 75.0 Å². The van der Waals surface area contributed by atoms with Gasteiger partial charge in [-0.15, -0.1) is 0 Å². The maximum absolute atomic E-state index is 12.3. The number of aromatic amines is 1. The second-order valence-electron chi connectivity index (χ2n) is 4.47. The van der Waals surface area contributed by atoms with Crippen LogP contribution in [0.3, 0.4) is 0 Å². The molecule has 0 saturated carbocycles. The minimum atomic E-state index is -0.114. The predicted octanol–water partition coefficient (Wildman–Crippen LogP) is 1.65. The Hall–Kier alpha value is -2.29. The van der Waals surface area contributed by atoms with Crippen molar-refractivity contribution in [3.05, 3.63) is 52.3 Å². The highest BCUT2D eigenvalue weighted by Crippen LogP contribution is 2.18. The number of aromatic nitrogens is 2. The first-order chi connectivity index (χ1) is 10.1. The summed E-state index contributed by atoms with van der Waals surface area (Å²) < 4.78 is 0. The number of carbonyl (C=O) groups is 1. The molecule has 6 heteroatoms. The van der Waals surface area contributed by atoms with E-state index < -0.39 is 0 Å². The van der Waals surface area contributed by atoms with Crippen molar-refractivity contribution >= 4 is 17.5 Å². The molecule has 3 N–H and O–H groups in total. The fourth-order valence-electron chi connectivity index (χ4n) is 1.83. The van der Waals surface area contributed by atoms with Crippen LogP contribution in [0.25, 0.3) is 0 Å². The minimum absolute atomic E-state index is 0.114. The van der Waals surface area contributed by atoms with Gasteiger partial charge in [0.25, 0.3) is 5.91 Å². The molecule has 0 fully saturated rings. The zero-order chi connectivity index (χ0) is 15.2. The van der Waals surface area contributed by atoms with Crippen LogP contribution < -0.4 is 5.73 Å². The fourth-order valence-corrected chi connectivity index (χ4v) is 2.05. The molecule has 1 aromatic carbocycles. The fraction of sp³-hybridized carbons (Fsp3) is 0.200. The molecule has 0 aliphatic rings. The van der Waals surface area contributed by atoms with Crippen molar-refractivity contribution in [3.63, 3.8) is 0 Å². The highest BCUT2D eigenvalue weighted by molar-refractivity contribution is 6.32. The Morgan fingerprint density at radius 3 is 2.95 bits per heavy atom. The molecular weight excluding hydrogens is 288 g/mol. The number of carbonyl (C=O) groups excluding carboxylic acids is 1. The smallest absolute Gasteiger partial charge is 0.253 e. The van der Waals surface area contributed by atoms with Crippen LogP contribution >= 0.6 is 11.6 Å². The average molecular weight is 303 g/mol. The van der Waals surface area contributed by atoms with Gasteiger partial charge < -0.3 is 10.6 Å². The van der Waals surface area contributed by atoms with Crippen molar-refractivity contribution in [3.8, 4) is 11.8 Å². The van der Waals surface area contributed by atoms with Crippen LogP contribution in [0.5, 0.6) is 0 Å². The van der Waals surface area contributed by atoms with Crippen LogP contribution in [0, 0.1) is 11.8 Å². The van der Waals surface area contributed by atoms with E-state index in [0.29, 0.717) is 22.7 Å². The molecule has 0 saturated heterocycles. The van der Waals surface area contributed by atoms with E-state index in [1.165, 1.54) is 0 Å². The van der Waals surface area contributed by atoms with Crippen LogP contribution in [-0.2, 0) is 6.54 Å². The van der Waals surface area contributed by atoms with Crippen molar-refractivity contribution < 1.29 is 4.79 Å². The van der Waals surface area contributed by atoms with Crippen molar-refractivity contribution in [2.24, 2.45) is 5.73 Å². The van der Waals surface area contributed by atoms with Crippen LogP contribution in [0.4, 0.5) is 0 Å². The van der Waals surface area contributed by atoms with E-state index in [9.17, 15) is 4.79 Å². The molecule has 0 radical (unpaired) electrons. The van der Waals surface area contributed by atoms with E-state index in [4.69, 9.17) is 17.3 Å². The Bertz CT molecular complexity index is 685. The first-order valence-electron chi connectivity index (χ1n) is 6.33. The molecule has 1 amide bonds. The maximum Gasteiger partial charge on any atom is 0.253 e. The number of rotatable bonds is 3. The Labute approximate surface area is 128 Å². The van der Waals surface area contributed by atoms with E-state index in [0.717, 1.165) is 5.56 Å². The summed E-state index contributed by atoms with van der Waals surface area (Å²) in [6.45, 7) is 0.742. The Morgan fingerprint density at radius 2 is 2.33 bits per heavy atom. The first-order valence-corrected chi connectivity index (χ1v) is 6.71. The van der Waals surface area contributed by atoms with E-state index in [1.54, 1.807) is 42.5 Å². The molecule has 1 heterocycles. The monoisotopic (exact) mass is 302 g/mol. The van der Waals surface area contributed by atoms with Gasteiger partial charge in [-0.3, -0.25) is 9.89 Å². The summed E-state index contributed by atoms with van der Waals surface area (Å²) in [7, 11) is 1.73. The molecule has 0 unspecified atom stereocenters. The summed E-state index contributed by atoms with van der Waals surface area (Å²) >= 11 is 6.13. The third-order valence-corrected chi connectivity index (χ3v) is 3.18. The molecule has 0 atom stereocenters. The second-order valence-corrected chi connectivity index (χ2v) is 4.88. The van der Waals surface area contributed by atoms with Gasteiger partial charge in [0, 0.05) is 36.5 Å². The van der Waals surface area contributed by atoms with Gasteiger partial charge in [-0.05, 0) is 18.2 Å². The Kier molecular flexibility index (Phi) is 4.99. The van der Waals surface area contributed by atoms with E-state index in [2.05, 4.69) is 22.0 Å². The van der Waals surface area contributed by atoms with E-state index in [-0.39, 0.29) is 12.5 Å². The summed E-state index contributed by atoms with van der Waals surface area (Å²) in [5.74, 6) is 5.48. The van der Waals surface area contributed by atoms with Crippen molar-refractivity contribution in [2.75, 3.05) is 13.6 Å². The lowest BCUT2D eigenvalue weighted by molar-refractivity contribution is 0.0785. The summed E-state index contributed by atoms with van der Waals surface area (Å²) in [6, 6.07) is 5.06. The van der Waals surface area contributed by atoms with Gasteiger partial charge in [0.15, 0.2) is 0 Å². The van der Waals surface area contributed by atoms with Crippen molar-refractivity contribution in [2.45, 2.75) is 6.54 Å². The van der Waals surface area contributed by atoms with Gasteiger partial charge in [-0.2, -0.15) is 5.10 Å². The molecule has 2 rings (SSSR count). The number of nitrogens with one attached hydrogen (secondary N) is 1. The maximum atomic E-state index is 12.3. The van der Waals surface area contributed by atoms with E-state index in [1.807, 2.05) is 0 Å². The SMILES string of the molecule is CN(Cc1cn[nH]c1)C(=O)c1ccc(C#CCN)c(Cl)c1. The molecule has 1 aromatic heterocycles. The highest BCUT2D eigenvalue weighted by atomic mass is 35.5. The molecular formula is C15H15ClN4O. The van der Waals surface area contributed by atoms with Gasteiger partial charge in [0.2, 0.25) is 0 Å². The summed E-state index contributed by atoms with van der Waals surface area (Å²) in [5, 5.41) is 7.01. The standard InChI is InChI=1S/C15H15ClN4O/c1-20(10-11-8-18-19-9-11)15(21)13-5-4-12(3-2-6-17)14(16)7-13/h4-5,7-9H,6,10,17H2,1H3,(H,18,19). The van der Waals surface area contributed by atoms with Crippen LogP contribution in [0.1, 0.15) is 21.5 Å². The Balaban J connectivity index is 2.14. The lowest BCUT2D eigenvalue weighted by Crippen LogP contribution is -2.26. The number of benzene rings is 1. The normalized spacial score (nSPS) is 9.86. The number of H-pyrrole nitrogens is 1. The van der Waals surface area contributed by atoms with Gasteiger partial charge in [-0.25, -0.2) is 0 Å². The number of nitrogens with two attached hydrogens (primary N) is 1. The third-order valence-electron chi connectivity index (χ3n) is 2.86. The molecule has 0 spiro atoms. The number of nitrogens with zero attached hydrogens (tertiary/aromatic N) is 2.